The van der Waals surface area contributed by atoms with Crippen molar-refractivity contribution in [2.75, 3.05) is 37.0 Å². The van der Waals surface area contributed by atoms with E-state index >= 15 is 0 Å². The van der Waals surface area contributed by atoms with Crippen molar-refractivity contribution in [2.45, 2.75) is 32.6 Å². The van der Waals surface area contributed by atoms with E-state index in [2.05, 4.69) is 34.0 Å². The van der Waals surface area contributed by atoms with Gasteiger partial charge in [0.1, 0.15) is 10.7 Å². The largest absolute Gasteiger partial charge is 0.480 e. The van der Waals surface area contributed by atoms with Gasteiger partial charge in [-0.25, -0.2) is 9.97 Å². The van der Waals surface area contributed by atoms with Crippen LogP contribution < -0.4 is 21.5 Å². The molecule has 4 rings (SSSR count). The minimum Gasteiger partial charge on any atom is -0.480 e. The lowest BCUT2D eigenvalue weighted by molar-refractivity contribution is -0.0705. The topological polar surface area (TPSA) is 152 Å². The van der Waals surface area contributed by atoms with Gasteiger partial charge >= 0.3 is 0 Å². The molecule has 0 spiro atoms. The number of nitrogens with one attached hydrogen (secondary N) is 2. The van der Waals surface area contributed by atoms with Crippen LogP contribution in [0, 0.1) is 5.41 Å². The third-order valence-corrected chi connectivity index (χ3v) is 6.48. The lowest BCUT2D eigenvalue weighted by Crippen LogP contribution is -2.44. The van der Waals surface area contributed by atoms with Crippen LogP contribution >= 0.6 is 11.3 Å². The average Bonchev–Trinajstić information content (AvgIpc) is 3.26. The van der Waals surface area contributed by atoms with Crippen LogP contribution in [0.1, 0.15) is 34.9 Å². The Morgan fingerprint density at radius 1 is 1.26 bits per heavy atom. The highest BCUT2D eigenvalue weighted by molar-refractivity contribution is 7.09. The number of nitrogens with two attached hydrogens (primary N) is 2. The summed E-state index contributed by atoms with van der Waals surface area (Å²) < 4.78 is 10.9. The molecular formula is C24H29N7O3S. The lowest BCUT2D eigenvalue weighted by atomic mass is 10.0. The SMILES string of the molecule is COc1ncc(-c2cc(N)c(C=N)c(NC(=O)c3csc(CN4C[C@@H](C)O[C@@H](C)C4)n3)c2)cc1N. The number of morpholine rings is 1. The molecule has 35 heavy (non-hydrogen) atoms. The Morgan fingerprint density at radius 2 is 1.97 bits per heavy atom. The molecule has 1 saturated heterocycles. The Balaban J connectivity index is 1.54. The second-order valence-electron chi connectivity index (χ2n) is 8.53. The van der Waals surface area contributed by atoms with E-state index in [0.29, 0.717) is 51.9 Å². The van der Waals surface area contributed by atoms with E-state index in [0.717, 1.165) is 24.3 Å². The van der Waals surface area contributed by atoms with Crippen LogP contribution in [0.5, 0.6) is 5.88 Å². The first kappa shape index (κ1) is 24.6. The van der Waals surface area contributed by atoms with Crippen molar-refractivity contribution >= 4 is 40.5 Å². The van der Waals surface area contributed by atoms with Gasteiger partial charge in [0.15, 0.2) is 0 Å². The summed E-state index contributed by atoms with van der Waals surface area (Å²) in [5, 5.41) is 13.2. The Hall–Kier alpha value is -3.54. The third-order valence-electron chi connectivity index (χ3n) is 5.65. The van der Waals surface area contributed by atoms with E-state index in [1.165, 1.54) is 18.4 Å². The summed E-state index contributed by atoms with van der Waals surface area (Å²) in [5.74, 6) is -0.0464. The minimum atomic E-state index is -0.372. The molecule has 1 amide bonds. The molecule has 0 aliphatic carbocycles. The normalized spacial score (nSPS) is 18.3. The number of carbonyl (C=O) groups excluding carboxylic acids is 1. The fraction of sp³-hybridized carbons (Fsp3) is 0.333. The number of methoxy groups -OCH3 is 1. The fourth-order valence-electron chi connectivity index (χ4n) is 4.18. The summed E-state index contributed by atoms with van der Waals surface area (Å²) in [6, 6.07) is 5.17. The second-order valence-corrected chi connectivity index (χ2v) is 9.47. The number of nitrogens with zero attached hydrogens (tertiary/aromatic N) is 3. The maximum Gasteiger partial charge on any atom is 0.275 e. The highest BCUT2D eigenvalue weighted by atomic mass is 32.1. The summed E-state index contributed by atoms with van der Waals surface area (Å²) in [5.41, 5.74) is 15.4. The van der Waals surface area contributed by atoms with E-state index < -0.39 is 0 Å². The first-order valence-electron chi connectivity index (χ1n) is 11.1. The first-order chi connectivity index (χ1) is 16.8. The van der Waals surface area contributed by atoms with E-state index in [1.807, 2.05) is 0 Å². The van der Waals surface area contributed by atoms with Gasteiger partial charge in [0.25, 0.3) is 5.91 Å². The minimum absolute atomic E-state index is 0.162. The highest BCUT2D eigenvalue weighted by Crippen LogP contribution is 2.32. The van der Waals surface area contributed by atoms with Crippen LogP contribution in [0.15, 0.2) is 29.8 Å². The molecule has 3 aromatic rings. The number of anilines is 3. The molecule has 0 radical (unpaired) electrons. The zero-order chi connectivity index (χ0) is 25.1. The summed E-state index contributed by atoms with van der Waals surface area (Å²) >= 11 is 1.44. The summed E-state index contributed by atoms with van der Waals surface area (Å²) in [7, 11) is 1.49. The Kier molecular flexibility index (Phi) is 7.29. The van der Waals surface area contributed by atoms with Crippen molar-refractivity contribution < 1.29 is 14.3 Å². The number of hydrogen-bond acceptors (Lipinski definition) is 10. The fourth-order valence-corrected chi connectivity index (χ4v) is 5.00. The van der Waals surface area contributed by atoms with Gasteiger partial charge in [-0.3, -0.25) is 9.69 Å². The van der Waals surface area contributed by atoms with Crippen LogP contribution in [0.4, 0.5) is 17.1 Å². The van der Waals surface area contributed by atoms with Gasteiger partial charge in [0, 0.05) is 47.7 Å². The zero-order valence-electron chi connectivity index (χ0n) is 19.9. The number of hydrogen-bond donors (Lipinski definition) is 4. The third kappa shape index (κ3) is 5.59. The Bertz CT molecular complexity index is 1240. The number of pyridine rings is 1. The Labute approximate surface area is 207 Å². The smallest absolute Gasteiger partial charge is 0.275 e. The zero-order valence-corrected chi connectivity index (χ0v) is 20.7. The molecule has 2 atom stereocenters. The van der Waals surface area contributed by atoms with E-state index in [1.54, 1.807) is 29.8 Å². The highest BCUT2D eigenvalue weighted by Gasteiger charge is 2.23. The number of nitrogen functional groups attached to an aromatic ring is 2. The molecule has 3 heterocycles. The van der Waals surface area contributed by atoms with Crippen LogP contribution in [0.25, 0.3) is 11.1 Å². The number of rotatable bonds is 7. The van der Waals surface area contributed by atoms with Crippen LogP contribution in [0.2, 0.25) is 0 Å². The quantitative estimate of drug-likeness (QED) is 0.288. The molecule has 6 N–H and O–H groups in total. The molecule has 11 heteroatoms. The molecule has 184 valence electrons. The van der Waals surface area contributed by atoms with Crippen LogP contribution in [-0.2, 0) is 11.3 Å². The summed E-state index contributed by atoms with van der Waals surface area (Å²) in [6.07, 6.45) is 3.05. The van der Waals surface area contributed by atoms with Crippen molar-refractivity contribution in [3.8, 4) is 17.0 Å². The van der Waals surface area contributed by atoms with Crippen molar-refractivity contribution in [3.05, 3.63) is 46.0 Å². The Morgan fingerprint density at radius 3 is 2.63 bits per heavy atom. The molecule has 2 aromatic heterocycles. The maximum absolute atomic E-state index is 13.0. The van der Waals surface area contributed by atoms with Crippen LogP contribution in [-0.4, -0.2) is 59.4 Å². The van der Waals surface area contributed by atoms with Gasteiger partial charge in [-0.1, -0.05) is 0 Å². The monoisotopic (exact) mass is 495 g/mol. The van der Waals surface area contributed by atoms with Gasteiger partial charge < -0.3 is 31.7 Å². The molecule has 1 aliphatic rings. The van der Waals surface area contributed by atoms with Gasteiger partial charge in [0.05, 0.1) is 37.2 Å². The standard InChI is InChI=1S/C24H29N7O3S/c1-13-9-31(10-14(2)34-13)11-22-29-21(12-35-22)23(32)30-20-6-15(4-18(26)17(20)7-25)16-5-19(27)24(33-3)28-8-16/h4-8,12-14,25H,9-11,26-27H2,1-3H3,(H,30,32)/t13-,14+. The molecular weight excluding hydrogens is 466 g/mol. The molecule has 10 nitrogen and oxygen atoms in total. The van der Waals surface area contributed by atoms with Gasteiger partial charge in [0.2, 0.25) is 5.88 Å². The molecule has 1 aliphatic heterocycles. The number of thiazole rings is 1. The van der Waals surface area contributed by atoms with Crippen molar-refractivity contribution in [3.63, 3.8) is 0 Å². The average molecular weight is 496 g/mol. The van der Waals surface area contributed by atoms with Crippen LogP contribution in [0.3, 0.4) is 0 Å². The summed E-state index contributed by atoms with van der Waals surface area (Å²) in [4.78, 5) is 24.0. The lowest BCUT2D eigenvalue weighted by Gasteiger charge is -2.34. The predicted octanol–water partition coefficient (Wildman–Crippen LogP) is 3.24. The summed E-state index contributed by atoms with van der Waals surface area (Å²) in [6.45, 7) is 6.42. The van der Waals surface area contributed by atoms with E-state index in [4.69, 9.17) is 26.4 Å². The van der Waals surface area contributed by atoms with Crippen molar-refractivity contribution in [1.29, 1.82) is 5.41 Å². The van der Waals surface area contributed by atoms with Gasteiger partial charge in [-0.2, -0.15) is 0 Å². The molecule has 0 unspecified atom stereocenters. The van der Waals surface area contributed by atoms with Crippen molar-refractivity contribution in [1.82, 2.24) is 14.9 Å². The maximum atomic E-state index is 13.0. The number of carbonyl (C=O) groups is 1. The first-order valence-corrected chi connectivity index (χ1v) is 12.0. The molecule has 0 bridgehead atoms. The van der Waals surface area contributed by atoms with Crippen molar-refractivity contribution in [2.24, 2.45) is 0 Å². The van der Waals surface area contributed by atoms with Gasteiger partial charge in [-0.15, -0.1) is 11.3 Å². The molecule has 0 saturated carbocycles. The molecule has 1 aromatic carbocycles. The predicted molar refractivity (Wildman–Crippen MR) is 138 cm³/mol. The number of benzene rings is 1. The second kappa shape index (κ2) is 10.4. The van der Waals surface area contributed by atoms with Gasteiger partial charge in [-0.05, 0) is 37.6 Å². The molecule has 1 fully saturated rings. The number of aromatic nitrogens is 2. The number of ether oxygens (including phenoxy) is 2. The van der Waals surface area contributed by atoms with E-state index in [-0.39, 0.29) is 18.1 Å². The van der Waals surface area contributed by atoms with E-state index in [9.17, 15) is 4.79 Å². The number of amides is 1.